The molecule has 4 nitrogen and oxygen atoms in total. The molecule has 1 fully saturated rings. The summed E-state index contributed by atoms with van der Waals surface area (Å²) >= 11 is 0. The van der Waals surface area contributed by atoms with Gasteiger partial charge in [-0.15, -0.1) is 0 Å². The lowest BCUT2D eigenvalue weighted by atomic mass is 10.1. The van der Waals surface area contributed by atoms with E-state index in [1.54, 1.807) is 0 Å². The fourth-order valence-corrected chi connectivity index (χ4v) is 2.38. The zero-order valence-electron chi connectivity index (χ0n) is 10.9. The fraction of sp³-hybridized carbons (Fsp3) is 0.769. The molecule has 0 aliphatic carbocycles. The first-order chi connectivity index (χ1) is 8.27. The second-order valence-electron chi connectivity index (χ2n) is 4.85. The van der Waals surface area contributed by atoms with E-state index in [0.29, 0.717) is 12.1 Å². The maximum Gasteiger partial charge on any atom is 0.125 e. The van der Waals surface area contributed by atoms with Crippen LogP contribution in [0, 0.1) is 0 Å². The zero-order chi connectivity index (χ0) is 12.1. The van der Waals surface area contributed by atoms with Crippen molar-refractivity contribution in [1.82, 2.24) is 14.9 Å². The molecule has 2 heterocycles. The summed E-state index contributed by atoms with van der Waals surface area (Å²) < 4.78 is 7.78. The summed E-state index contributed by atoms with van der Waals surface area (Å²) in [6, 6.07) is 0.304. The van der Waals surface area contributed by atoms with Crippen LogP contribution in [0.3, 0.4) is 0 Å². The van der Waals surface area contributed by atoms with Gasteiger partial charge in [0.2, 0.25) is 0 Å². The Morgan fingerprint density at radius 2 is 2.47 bits per heavy atom. The number of nitrogens with zero attached hydrogens (tertiary/aromatic N) is 2. The quantitative estimate of drug-likeness (QED) is 0.851. The van der Waals surface area contributed by atoms with Gasteiger partial charge in [0.1, 0.15) is 5.82 Å². The van der Waals surface area contributed by atoms with Gasteiger partial charge in [-0.2, -0.15) is 0 Å². The van der Waals surface area contributed by atoms with E-state index in [4.69, 9.17) is 4.74 Å². The number of hydrogen-bond donors (Lipinski definition) is 1. The summed E-state index contributed by atoms with van der Waals surface area (Å²) in [7, 11) is 2.03. The number of nitrogens with one attached hydrogen (secondary N) is 1. The van der Waals surface area contributed by atoms with Gasteiger partial charge in [-0.25, -0.2) is 4.98 Å². The van der Waals surface area contributed by atoms with Crippen molar-refractivity contribution in [3.63, 3.8) is 0 Å². The number of hydrogen-bond acceptors (Lipinski definition) is 3. The van der Waals surface area contributed by atoms with Crippen LogP contribution < -0.4 is 5.32 Å². The average Bonchev–Trinajstić information content (AvgIpc) is 2.77. The minimum Gasteiger partial charge on any atom is -0.378 e. The Balaban J connectivity index is 1.69. The number of imidazole rings is 1. The van der Waals surface area contributed by atoms with Crippen molar-refractivity contribution in [2.45, 2.75) is 44.8 Å². The standard InChI is InChI=1S/C13H23N3O/c1-11(13-15-8-9-16(13)2)14-7-6-12-5-3-4-10-17-12/h8-9,11-12,14H,3-7,10H2,1-2H3. The van der Waals surface area contributed by atoms with Crippen LogP contribution in [-0.2, 0) is 11.8 Å². The first-order valence-corrected chi connectivity index (χ1v) is 6.59. The number of aromatic nitrogens is 2. The molecule has 0 saturated carbocycles. The SMILES string of the molecule is CC(NCCC1CCCCO1)c1nccn1C. The molecule has 0 aromatic carbocycles. The van der Waals surface area contributed by atoms with Gasteiger partial charge in [-0.05, 0) is 39.2 Å². The highest BCUT2D eigenvalue weighted by molar-refractivity contribution is 4.96. The largest absolute Gasteiger partial charge is 0.378 e. The molecule has 1 aromatic rings. The lowest BCUT2D eigenvalue weighted by Gasteiger charge is -2.23. The number of rotatable bonds is 5. The van der Waals surface area contributed by atoms with Crippen molar-refractivity contribution in [3.05, 3.63) is 18.2 Å². The van der Waals surface area contributed by atoms with Crippen LogP contribution in [-0.4, -0.2) is 28.8 Å². The molecule has 0 radical (unpaired) electrons. The van der Waals surface area contributed by atoms with E-state index >= 15 is 0 Å². The molecule has 1 aliphatic heterocycles. The number of aryl methyl sites for hydroxylation is 1. The van der Waals surface area contributed by atoms with Crippen molar-refractivity contribution >= 4 is 0 Å². The van der Waals surface area contributed by atoms with Gasteiger partial charge in [-0.1, -0.05) is 0 Å². The van der Waals surface area contributed by atoms with Crippen LogP contribution in [0.5, 0.6) is 0 Å². The lowest BCUT2D eigenvalue weighted by Crippen LogP contribution is -2.28. The minimum atomic E-state index is 0.304. The summed E-state index contributed by atoms with van der Waals surface area (Å²) in [6.07, 6.45) is 9.17. The molecule has 17 heavy (non-hydrogen) atoms. The molecule has 4 heteroatoms. The third-order valence-corrected chi connectivity index (χ3v) is 3.44. The van der Waals surface area contributed by atoms with Gasteiger partial charge in [0.05, 0.1) is 12.1 Å². The molecule has 1 N–H and O–H groups in total. The van der Waals surface area contributed by atoms with Gasteiger partial charge in [0.15, 0.2) is 0 Å². The van der Waals surface area contributed by atoms with Gasteiger partial charge >= 0.3 is 0 Å². The average molecular weight is 237 g/mol. The Kier molecular flexibility index (Phi) is 4.57. The summed E-state index contributed by atoms with van der Waals surface area (Å²) in [6.45, 7) is 4.10. The Bertz CT molecular complexity index is 331. The lowest BCUT2D eigenvalue weighted by molar-refractivity contribution is 0.0112. The molecule has 2 atom stereocenters. The third-order valence-electron chi connectivity index (χ3n) is 3.44. The van der Waals surface area contributed by atoms with Crippen molar-refractivity contribution in [3.8, 4) is 0 Å². The molecular formula is C13H23N3O. The molecule has 2 unspecified atom stereocenters. The Morgan fingerprint density at radius 3 is 3.12 bits per heavy atom. The van der Waals surface area contributed by atoms with E-state index in [0.717, 1.165) is 25.4 Å². The smallest absolute Gasteiger partial charge is 0.125 e. The molecule has 1 saturated heterocycles. The van der Waals surface area contributed by atoms with Gasteiger partial charge in [-0.3, -0.25) is 0 Å². The topological polar surface area (TPSA) is 39.1 Å². The predicted molar refractivity (Wildman–Crippen MR) is 67.8 cm³/mol. The number of ether oxygens (including phenoxy) is 1. The monoisotopic (exact) mass is 237 g/mol. The molecule has 0 spiro atoms. The van der Waals surface area contributed by atoms with E-state index < -0.39 is 0 Å². The maximum absolute atomic E-state index is 5.71. The highest BCUT2D eigenvalue weighted by Crippen LogP contribution is 2.15. The molecule has 0 amide bonds. The van der Waals surface area contributed by atoms with Crippen LogP contribution >= 0.6 is 0 Å². The Hall–Kier alpha value is -0.870. The highest BCUT2D eigenvalue weighted by Gasteiger charge is 2.14. The van der Waals surface area contributed by atoms with Crippen molar-refractivity contribution in [1.29, 1.82) is 0 Å². The molecular weight excluding hydrogens is 214 g/mol. The Labute approximate surface area is 103 Å². The van der Waals surface area contributed by atoms with E-state index in [2.05, 4.69) is 21.8 Å². The van der Waals surface area contributed by atoms with Crippen LogP contribution in [0.4, 0.5) is 0 Å². The summed E-state index contributed by atoms with van der Waals surface area (Å²) in [4.78, 5) is 4.35. The maximum atomic E-state index is 5.71. The minimum absolute atomic E-state index is 0.304. The second-order valence-corrected chi connectivity index (χ2v) is 4.85. The summed E-state index contributed by atoms with van der Waals surface area (Å²) in [5.41, 5.74) is 0. The molecule has 1 aromatic heterocycles. The highest BCUT2D eigenvalue weighted by atomic mass is 16.5. The van der Waals surface area contributed by atoms with E-state index in [1.165, 1.54) is 19.3 Å². The van der Waals surface area contributed by atoms with E-state index in [1.807, 2.05) is 19.4 Å². The normalized spacial score (nSPS) is 22.6. The Morgan fingerprint density at radius 1 is 1.59 bits per heavy atom. The van der Waals surface area contributed by atoms with Crippen molar-refractivity contribution in [2.24, 2.45) is 7.05 Å². The van der Waals surface area contributed by atoms with Crippen molar-refractivity contribution in [2.75, 3.05) is 13.2 Å². The predicted octanol–water partition coefficient (Wildman–Crippen LogP) is 2.03. The van der Waals surface area contributed by atoms with Crippen LogP contribution in [0.15, 0.2) is 12.4 Å². The van der Waals surface area contributed by atoms with E-state index in [9.17, 15) is 0 Å². The van der Waals surface area contributed by atoms with Crippen LogP contribution in [0.25, 0.3) is 0 Å². The van der Waals surface area contributed by atoms with Crippen LogP contribution in [0.1, 0.15) is 44.5 Å². The summed E-state index contributed by atoms with van der Waals surface area (Å²) in [5.74, 6) is 1.09. The van der Waals surface area contributed by atoms with Gasteiger partial charge in [0, 0.05) is 26.0 Å². The molecule has 96 valence electrons. The first kappa shape index (κ1) is 12.6. The fourth-order valence-electron chi connectivity index (χ4n) is 2.38. The molecule has 0 bridgehead atoms. The van der Waals surface area contributed by atoms with Gasteiger partial charge < -0.3 is 14.6 Å². The molecule has 2 rings (SSSR count). The van der Waals surface area contributed by atoms with E-state index in [-0.39, 0.29) is 0 Å². The van der Waals surface area contributed by atoms with Gasteiger partial charge in [0.25, 0.3) is 0 Å². The van der Waals surface area contributed by atoms with Crippen molar-refractivity contribution < 1.29 is 4.74 Å². The first-order valence-electron chi connectivity index (χ1n) is 6.59. The zero-order valence-corrected chi connectivity index (χ0v) is 10.9. The van der Waals surface area contributed by atoms with Crippen LogP contribution in [0.2, 0.25) is 0 Å². The second kappa shape index (κ2) is 6.17. The summed E-state index contributed by atoms with van der Waals surface area (Å²) in [5, 5.41) is 3.51. The third kappa shape index (κ3) is 3.54. The molecule has 1 aliphatic rings.